The molecule has 0 atom stereocenters. The van der Waals surface area contributed by atoms with Gasteiger partial charge in [0.25, 0.3) is 0 Å². The van der Waals surface area contributed by atoms with Crippen molar-refractivity contribution in [3.8, 4) is 11.3 Å². The quantitative estimate of drug-likeness (QED) is 0.817. The highest BCUT2D eigenvalue weighted by Gasteiger charge is 2.14. The summed E-state index contributed by atoms with van der Waals surface area (Å²) in [7, 11) is 2.18. The molecule has 97 valence electrons. The minimum absolute atomic E-state index is 0.985. The van der Waals surface area contributed by atoms with Crippen LogP contribution in [-0.4, -0.2) is 43.1 Å². The van der Waals surface area contributed by atoms with E-state index < -0.39 is 0 Å². The van der Waals surface area contributed by atoms with Gasteiger partial charge in [-0.15, -0.1) is 0 Å². The Labute approximate surface area is 114 Å². The highest BCUT2D eigenvalue weighted by atomic mass is 15.2. The van der Waals surface area contributed by atoms with Crippen LogP contribution in [0, 0.1) is 6.07 Å². The molecule has 1 aliphatic heterocycles. The van der Waals surface area contributed by atoms with Crippen molar-refractivity contribution in [3.63, 3.8) is 0 Å². The van der Waals surface area contributed by atoms with E-state index in [-0.39, 0.29) is 0 Å². The van der Waals surface area contributed by atoms with Crippen molar-refractivity contribution < 1.29 is 0 Å². The average Bonchev–Trinajstić information content (AvgIpc) is 2.49. The van der Waals surface area contributed by atoms with Crippen molar-refractivity contribution in [2.45, 2.75) is 0 Å². The number of hydrogen-bond acceptors (Lipinski definition) is 3. The van der Waals surface area contributed by atoms with Crippen molar-refractivity contribution in [1.82, 2.24) is 9.88 Å². The van der Waals surface area contributed by atoms with E-state index in [1.165, 1.54) is 5.69 Å². The van der Waals surface area contributed by atoms with Gasteiger partial charge in [-0.2, -0.15) is 0 Å². The summed E-state index contributed by atoms with van der Waals surface area (Å²) in [5.41, 5.74) is 3.32. The maximum atomic E-state index is 4.39. The van der Waals surface area contributed by atoms with Gasteiger partial charge in [0.15, 0.2) is 0 Å². The summed E-state index contributed by atoms with van der Waals surface area (Å²) in [5, 5.41) is 0. The minimum Gasteiger partial charge on any atom is -0.369 e. The number of likely N-dealkylation sites (N-methyl/N-ethyl adjacent to an activating group) is 1. The largest absolute Gasteiger partial charge is 0.369 e. The van der Waals surface area contributed by atoms with E-state index in [1.54, 1.807) is 0 Å². The number of aromatic nitrogens is 1. The van der Waals surface area contributed by atoms with Gasteiger partial charge in [0, 0.05) is 43.6 Å². The van der Waals surface area contributed by atoms with Gasteiger partial charge in [0.2, 0.25) is 0 Å². The van der Waals surface area contributed by atoms with E-state index in [1.807, 2.05) is 30.5 Å². The van der Waals surface area contributed by atoms with Crippen molar-refractivity contribution >= 4 is 5.69 Å². The Hall–Kier alpha value is -1.87. The summed E-state index contributed by atoms with van der Waals surface area (Å²) < 4.78 is 0. The zero-order chi connectivity index (χ0) is 13.1. The zero-order valence-corrected chi connectivity index (χ0v) is 11.2. The number of nitrogens with zero attached hydrogens (tertiary/aromatic N) is 3. The number of pyridine rings is 1. The Kier molecular flexibility index (Phi) is 3.47. The lowest BCUT2D eigenvalue weighted by Crippen LogP contribution is -2.44. The van der Waals surface area contributed by atoms with Gasteiger partial charge < -0.3 is 9.80 Å². The van der Waals surface area contributed by atoms with E-state index in [9.17, 15) is 0 Å². The van der Waals surface area contributed by atoms with Gasteiger partial charge in [0.1, 0.15) is 0 Å². The maximum absolute atomic E-state index is 4.39. The second kappa shape index (κ2) is 5.41. The molecule has 2 aromatic rings. The van der Waals surface area contributed by atoms with Crippen LogP contribution in [0.2, 0.25) is 0 Å². The molecule has 3 rings (SSSR count). The number of anilines is 1. The molecule has 0 N–H and O–H groups in total. The fourth-order valence-electron chi connectivity index (χ4n) is 2.39. The molecule has 0 amide bonds. The van der Waals surface area contributed by atoms with Crippen LogP contribution in [0.15, 0.2) is 42.6 Å². The average molecular weight is 252 g/mol. The first-order valence-electron chi connectivity index (χ1n) is 6.69. The van der Waals surface area contributed by atoms with Crippen LogP contribution in [0.1, 0.15) is 0 Å². The Morgan fingerprint density at radius 1 is 1.11 bits per heavy atom. The van der Waals surface area contributed by atoms with Crippen LogP contribution >= 0.6 is 0 Å². The SMILES string of the molecule is CN1CCN(c2cc[c]c(-c3ccccn3)c2)CC1. The van der Waals surface area contributed by atoms with Crippen molar-refractivity contribution in [3.05, 3.63) is 48.7 Å². The molecule has 1 fully saturated rings. The van der Waals surface area contributed by atoms with E-state index in [2.05, 4.69) is 40.0 Å². The molecule has 0 spiro atoms. The number of rotatable bonds is 2. The fourth-order valence-corrected chi connectivity index (χ4v) is 2.39. The molecule has 0 bridgehead atoms. The smallest absolute Gasteiger partial charge is 0.0708 e. The van der Waals surface area contributed by atoms with Gasteiger partial charge in [0.05, 0.1) is 5.69 Å². The molecule has 1 aromatic heterocycles. The molecule has 0 saturated carbocycles. The van der Waals surface area contributed by atoms with E-state index in [0.717, 1.165) is 37.4 Å². The molecule has 1 aliphatic rings. The monoisotopic (exact) mass is 252 g/mol. The normalized spacial score (nSPS) is 16.6. The third-order valence-corrected chi connectivity index (χ3v) is 3.59. The standard InChI is InChI=1S/C16H18N3/c1-18-9-11-19(12-10-18)15-6-4-5-14(13-15)16-7-2-3-8-17-16/h2-4,6-8,13H,9-12H2,1H3. The molecule has 1 saturated heterocycles. The van der Waals surface area contributed by atoms with Crippen LogP contribution in [-0.2, 0) is 0 Å². The fraction of sp³-hybridized carbons (Fsp3) is 0.312. The zero-order valence-electron chi connectivity index (χ0n) is 11.2. The van der Waals surface area contributed by atoms with Crippen LogP contribution in [0.3, 0.4) is 0 Å². The minimum atomic E-state index is 0.985. The Balaban J connectivity index is 1.84. The first kappa shape index (κ1) is 12.2. The Bertz CT molecular complexity index is 531. The number of benzene rings is 1. The van der Waals surface area contributed by atoms with Gasteiger partial charge >= 0.3 is 0 Å². The van der Waals surface area contributed by atoms with Gasteiger partial charge in [-0.05, 0) is 37.4 Å². The summed E-state index contributed by atoms with van der Waals surface area (Å²) in [5.74, 6) is 0. The predicted octanol–water partition coefficient (Wildman–Crippen LogP) is 2.30. The second-order valence-electron chi connectivity index (χ2n) is 4.97. The Morgan fingerprint density at radius 2 is 1.95 bits per heavy atom. The third kappa shape index (κ3) is 2.76. The highest BCUT2D eigenvalue weighted by molar-refractivity contribution is 5.65. The lowest BCUT2D eigenvalue weighted by atomic mass is 10.1. The Morgan fingerprint density at radius 3 is 2.68 bits per heavy atom. The predicted molar refractivity (Wildman–Crippen MR) is 78.2 cm³/mol. The summed E-state index contributed by atoms with van der Waals surface area (Å²) >= 11 is 0. The summed E-state index contributed by atoms with van der Waals surface area (Å²) in [6, 6.07) is 15.6. The molecule has 0 unspecified atom stereocenters. The first-order chi connectivity index (χ1) is 9.33. The molecule has 19 heavy (non-hydrogen) atoms. The molecule has 3 nitrogen and oxygen atoms in total. The first-order valence-corrected chi connectivity index (χ1v) is 6.69. The topological polar surface area (TPSA) is 19.4 Å². The van der Waals surface area contributed by atoms with E-state index in [4.69, 9.17) is 0 Å². The summed E-state index contributed by atoms with van der Waals surface area (Å²) in [4.78, 5) is 9.19. The molecule has 3 heteroatoms. The van der Waals surface area contributed by atoms with Crippen molar-refractivity contribution in [2.75, 3.05) is 38.1 Å². The van der Waals surface area contributed by atoms with E-state index in [0.29, 0.717) is 0 Å². The van der Waals surface area contributed by atoms with Gasteiger partial charge in [-0.3, -0.25) is 4.98 Å². The molecule has 0 aliphatic carbocycles. The van der Waals surface area contributed by atoms with Gasteiger partial charge in [-0.25, -0.2) is 0 Å². The lowest BCUT2D eigenvalue weighted by Gasteiger charge is -2.34. The molecular weight excluding hydrogens is 234 g/mol. The van der Waals surface area contributed by atoms with Gasteiger partial charge in [-0.1, -0.05) is 12.1 Å². The highest BCUT2D eigenvalue weighted by Crippen LogP contribution is 2.23. The summed E-state index contributed by atoms with van der Waals surface area (Å²) in [6.07, 6.45) is 1.83. The summed E-state index contributed by atoms with van der Waals surface area (Å²) in [6.45, 7) is 4.42. The van der Waals surface area contributed by atoms with Crippen LogP contribution in [0.5, 0.6) is 0 Å². The van der Waals surface area contributed by atoms with Crippen LogP contribution in [0.25, 0.3) is 11.3 Å². The van der Waals surface area contributed by atoms with Crippen molar-refractivity contribution in [2.24, 2.45) is 0 Å². The molecule has 1 aromatic carbocycles. The molecule has 1 radical (unpaired) electrons. The molecular formula is C16H18N3. The third-order valence-electron chi connectivity index (χ3n) is 3.59. The van der Waals surface area contributed by atoms with Crippen molar-refractivity contribution in [1.29, 1.82) is 0 Å². The maximum Gasteiger partial charge on any atom is 0.0708 e. The number of piperazine rings is 1. The van der Waals surface area contributed by atoms with E-state index >= 15 is 0 Å². The lowest BCUT2D eigenvalue weighted by molar-refractivity contribution is 0.313. The van der Waals surface area contributed by atoms with Crippen LogP contribution in [0.4, 0.5) is 5.69 Å². The van der Waals surface area contributed by atoms with Crippen LogP contribution < -0.4 is 4.90 Å². The second-order valence-corrected chi connectivity index (χ2v) is 4.97. The molecule has 2 heterocycles. The number of hydrogen-bond donors (Lipinski definition) is 0.